The van der Waals surface area contributed by atoms with Crippen LogP contribution in [0.25, 0.3) is 0 Å². The van der Waals surface area contributed by atoms with Gasteiger partial charge in [-0.05, 0) is 43.2 Å². The maximum Gasteiger partial charge on any atom is 0.410 e. The van der Waals surface area contributed by atoms with E-state index in [9.17, 15) is 14.4 Å². The minimum Gasteiger partial charge on any atom is -0.445 e. The largest absolute Gasteiger partial charge is 0.445 e. The average Bonchev–Trinajstić information content (AvgIpc) is 3.15. The molecule has 2 heterocycles. The molecule has 2 aliphatic heterocycles. The summed E-state index contributed by atoms with van der Waals surface area (Å²) in [5.41, 5.74) is -0.0689. The van der Waals surface area contributed by atoms with Crippen molar-refractivity contribution in [3.8, 4) is 0 Å². The summed E-state index contributed by atoms with van der Waals surface area (Å²) < 4.78 is 11.1. The van der Waals surface area contributed by atoms with Crippen molar-refractivity contribution in [3.63, 3.8) is 0 Å². The van der Waals surface area contributed by atoms with Crippen LogP contribution in [0.15, 0.2) is 12.7 Å². The number of Topliss-reactive ketones (excluding diaryl/α,β-unsaturated/α-hetero) is 1. The molecule has 1 N–H and O–H groups in total. The van der Waals surface area contributed by atoms with Gasteiger partial charge in [0.05, 0.1) is 5.92 Å². The normalized spacial score (nSPS) is 24.5. The molecule has 0 aromatic rings. The van der Waals surface area contributed by atoms with Crippen LogP contribution < -0.4 is 5.32 Å². The predicted molar refractivity (Wildman–Crippen MR) is 123 cm³/mol. The van der Waals surface area contributed by atoms with E-state index >= 15 is 0 Å². The molecule has 8 heteroatoms. The number of amides is 2. The number of ether oxygens (including phenoxy) is 1. The van der Waals surface area contributed by atoms with E-state index in [1.165, 1.54) is 0 Å². The minimum atomic E-state index is -1.18. The number of rotatable bonds is 11. The molecule has 0 bridgehead atoms. The van der Waals surface area contributed by atoms with Gasteiger partial charge in [-0.15, -0.1) is 0 Å². The van der Waals surface area contributed by atoms with Crippen LogP contribution in [-0.2, 0) is 18.8 Å². The molecule has 2 aliphatic rings. The van der Waals surface area contributed by atoms with Gasteiger partial charge in [0.25, 0.3) is 0 Å². The predicted octanol–water partition coefficient (Wildman–Crippen LogP) is 3.15. The lowest BCUT2D eigenvalue weighted by Gasteiger charge is -2.46. The van der Waals surface area contributed by atoms with E-state index in [1.807, 2.05) is 0 Å². The van der Waals surface area contributed by atoms with E-state index in [-0.39, 0.29) is 47.7 Å². The average molecular weight is 453 g/mol. The second-order valence-corrected chi connectivity index (χ2v) is 12.7. The van der Waals surface area contributed by atoms with Gasteiger partial charge in [-0.3, -0.25) is 9.59 Å². The second-order valence-electron chi connectivity index (χ2n) is 10.2. The summed E-state index contributed by atoms with van der Waals surface area (Å²) in [6, 6.07) is -0.101. The fraction of sp³-hybridized carbons (Fsp3) is 0.783. The molecule has 4 atom stereocenters. The molecule has 2 rings (SSSR count). The summed E-state index contributed by atoms with van der Waals surface area (Å²) in [4.78, 5) is 38.7. The van der Waals surface area contributed by atoms with Crippen LogP contribution in [0, 0.1) is 23.2 Å². The number of β-lactam (4-membered cyclic amide) rings is 1. The molecule has 0 radical (unpaired) electrons. The van der Waals surface area contributed by atoms with Crippen molar-refractivity contribution in [2.45, 2.75) is 65.6 Å². The molecule has 7 nitrogen and oxygen atoms in total. The van der Waals surface area contributed by atoms with Gasteiger partial charge < -0.3 is 19.4 Å². The van der Waals surface area contributed by atoms with Gasteiger partial charge in [-0.2, -0.15) is 0 Å². The zero-order valence-corrected chi connectivity index (χ0v) is 21.0. The van der Waals surface area contributed by atoms with Crippen molar-refractivity contribution >= 4 is 26.8 Å². The van der Waals surface area contributed by atoms with Crippen molar-refractivity contribution in [3.05, 3.63) is 12.7 Å². The van der Waals surface area contributed by atoms with Crippen molar-refractivity contribution < 1.29 is 23.5 Å². The summed E-state index contributed by atoms with van der Waals surface area (Å²) in [6.07, 6.45) is 3.75. The molecular formula is C23H40N2O5Si. The van der Waals surface area contributed by atoms with Crippen LogP contribution in [0.2, 0.25) is 13.1 Å². The third-order valence-electron chi connectivity index (χ3n) is 6.37. The number of nitrogens with one attached hydrogen (secondary N) is 1. The Morgan fingerprint density at radius 1 is 1.35 bits per heavy atom. The molecule has 0 aromatic heterocycles. The standard InChI is InChI=1S/C23H40N2O5Si/c1-7-12-29-22(28)25-11-10-16(14-25)8-9-17(26)13-19-20(21(27)24-19)18(23(2,3)4)15-30-31(5)6/h7,16,18-20,31H,1,8-15H2,2-6H3,(H,24,27)/t16?,18-,19-,20+/m1/s1. The summed E-state index contributed by atoms with van der Waals surface area (Å²) in [5.74, 6) is 0.460. The molecule has 2 amide bonds. The van der Waals surface area contributed by atoms with Crippen molar-refractivity contribution in [1.29, 1.82) is 0 Å². The van der Waals surface area contributed by atoms with E-state index < -0.39 is 9.04 Å². The lowest BCUT2D eigenvalue weighted by atomic mass is 9.66. The zero-order chi connectivity index (χ0) is 23.2. The Balaban J connectivity index is 1.81. The topological polar surface area (TPSA) is 84.9 Å². The van der Waals surface area contributed by atoms with Gasteiger partial charge in [0.15, 0.2) is 9.04 Å². The van der Waals surface area contributed by atoms with E-state index in [0.717, 1.165) is 12.8 Å². The van der Waals surface area contributed by atoms with Crippen LogP contribution in [0.1, 0.15) is 46.5 Å². The number of nitrogens with zero attached hydrogens (tertiary/aromatic N) is 1. The number of hydrogen-bond donors (Lipinski definition) is 1. The smallest absolute Gasteiger partial charge is 0.410 e. The fourth-order valence-electron chi connectivity index (χ4n) is 4.45. The monoisotopic (exact) mass is 452 g/mol. The Kier molecular flexibility index (Phi) is 9.30. The summed E-state index contributed by atoms with van der Waals surface area (Å²) >= 11 is 0. The lowest BCUT2D eigenvalue weighted by Crippen LogP contribution is -2.63. The van der Waals surface area contributed by atoms with Crippen molar-refractivity contribution in [2.24, 2.45) is 23.2 Å². The number of likely N-dealkylation sites (tertiary alicyclic amines) is 1. The van der Waals surface area contributed by atoms with Crippen LogP contribution in [0.3, 0.4) is 0 Å². The zero-order valence-electron chi connectivity index (χ0n) is 19.8. The van der Waals surface area contributed by atoms with Gasteiger partial charge in [-0.25, -0.2) is 4.79 Å². The Labute approximate surface area is 188 Å². The highest BCUT2D eigenvalue weighted by atomic mass is 28.3. The van der Waals surface area contributed by atoms with Gasteiger partial charge in [0.1, 0.15) is 12.4 Å². The Morgan fingerprint density at radius 3 is 2.65 bits per heavy atom. The number of hydrogen-bond acceptors (Lipinski definition) is 5. The maximum absolute atomic E-state index is 12.7. The molecular weight excluding hydrogens is 412 g/mol. The minimum absolute atomic E-state index is 0.0382. The highest BCUT2D eigenvalue weighted by molar-refractivity contribution is 6.48. The molecule has 31 heavy (non-hydrogen) atoms. The first-order valence-corrected chi connectivity index (χ1v) is 14.3. The maximum atomic E-state index is 12.7. The van der Waals surface area contributed by atoms with Crippen molar-refractivity contribution in [1.82, 2.24) is 10.2 Å². The third-order valence-corrected chi connectivity index (χ3v) is 7.23. The summed E-state index contributed by atoms with van der Waals surface area (Å²) in [7, 11) is -1.18. The van der Waals surface area contributed by atoms with E-state index in [1.54, 1.807) is 11.0 Å². The van der Waals surface area contributed by atoms with Gasteiger partial charge in [0, 0.05) is 38.6 Å². The van der Waals surface area contributed by atoms with Crippen LogP contribution in [0.5, 0.6) is 0 Å². The van der Waals surface area contributed by atoms with Gasteiger partial charge in [-0.1, -0.05) is 33.4 Å². The molecule has 1 unspecified atom stereocenters. The molecule has 0 spiro atoms. The first-order chi connectivity index (χ1) is 14.5. The third kappa shape index (κ3) is 7.45. The number of ketones is 1. The molecule has 0 aromatic carbocycles. The summed E-state index contributed by atoms with van der Waals surface area (Å²) in [6.45, 7) is 16.3. The molecule has 0 aliphatic carbocycles. The lowest BCUT2D eigenvalue weighted by molar-refractivity contribution is -0.143. The van der Waals surface area contributed by atoms with Gasteiger partial charge >= 0.3 is 6.09 Å². The van der Waals surface area contributed by atoms with Crippen molar-refractivity contribution in [2.75, 3.05) is 26.3 Å². The SMILES string of the molecule is C=CCOC(=O)N1CCC(CCC(=O)C[C@H]2NC(=O)[C@H]2[C@@H](CO[SiH](C)C)C(C)(C)C)C1. The number of carbonyl (C=O) groups excluding carboxylic acids is 3. The van der Waals surface area contributed by atoms with Crippen LogP contribution >= 0.6 is 0 Å². The van der Waals surface area contributed by atoms with Crippen LogP contribution in [-0.4, -0.2) is 64.1 Å². The summed E-state index contributed by atoms with van der Waals surface area (Å²) in [5, 5.41) is 2.95. The highest BCUT2D eigenvalue weighted by Crippen LogP contribution is 2.39. The first-order valence-electron chi connectivity index (χ1n) is 11.5. The molecule has 2 saturated heterocycles. The Morgan fingerprint density at radius 2 is 2.06 bits per heavy atom. The van der Waals surface area contributed by atoms with Gasteiger partial charge in [0.2, 0.25) is 5.91 Å². The Bertz CT molecular complexity index is 661. The quantitative estimate of drug-likeness (QED) is 0.296. The van der Waals surface area contributed by atoms with E-state index in [0.29, 0.717) is 38.5 Å². The number of carbonyl (C=O) groups is 3. The van der Waals surface area contributed by atoms with Crippen LogP contribution in [0.4, 0.5) is 4.79 Å². The first kappa shape index (κ1) is 25.6. The van der Waals surface area contributed by atoms with E-state index in [2.05, 4.69) is 45.8 Å². The molecule has 176 valence electrons. The fourth-order valence-corrected chi connectivity index (χ4v) is 5.05. The Hall–Kier alpha value is -1.67. The highest BCUT2D eigenvalue weighted by Gasteiger charge is 2.48. The van der Waals surface area contributed by atoms with E-state index in [4.69, 9.17) is 9.16 Å². The molecule has 0 saturated carbocycles. The second kappa shape index (κ2) is 11.3. The molecule has 2 fully saturated rings.